The average molecular weight is 236 g/mol. The Morgan fingerprint density at radius 3 is 2.44 bits per heavy atom. The largest absolute Gasteiger partial charge is 0.271 e. The quantitative estimate of drug-likeness (QED) is 0.635. The predicted molar refractivity (Wildman–Crippen MR) is 64.6 cm³/mol. The van der Waals surface area contributed by atoms with E-state index in [2.05, 4.69) is 5.43 Å². The first-order chi connectivity index (χ1) is 7.72. The number of benzene rings is 1. The summed E-state index contributed by atoms with van der Waals surface area (Å²) >= 11 is 1.65. The highest BCUT2D eigenvalue weighted by Crippen LogP contribution is 2.28. The minimum atomic E-state index is -0.234. The van der Waals surface area contributed by atoms with Gasteiger partial charge in [-0.1, -0.05) is 12.1 Å². The summed E-state index contributed by atoms with van der Waals surface area (Å²) in [5.74, 6) is 5.33. The van der Waals surface area contributed by atoms with Crippen molar-refractivity contribution in [3.05, 3.63) is 57.5 Å². The van der Waals surface area contributed by atoms with E-state index in [-0.39, 0.29) is 11.9 Å². The number of nitrogens with two attached hydrogens (primary N) is 1. The lowest BCUT2D eigenvalue weighted by molar-refractivity contribution is 0.618. The van der Waals surface area contributed by atoms with Crippen LogP contribution in [0.15, 0.2) is 35.7 Å². The maximum atomic E-state index is 12.8. The summed E-state index contributed by atoms with van der Waals surface area (Å²) in [6.07, 6.45) is 0. The molecule has 0 bridgehead atoms. The normalized spacial score (nSPS) is 12.7. The van der Waals surface area contributed by atoms with E-state index in [0.717, 1.165) is 10.4 Å². The van der Waals surface area contributed by atoms with Crippen molar-refractivity contribution >= 4 is 11.3 Å². The van der Waals surface area contributed by atoms with Crippen LogP contribution in [0.3, 0.4) is 0 Å². The second-order valence-electron chi connectivity index (χ2n) is 3.62. The van der Waals surface area contributed by atoms with E-state index in [0.29, 0.717) is 0 Å². The van der Waals surface area contributed by atoms with E-state index in [1.54, 1.807) is 23.5 Å². The summed E-state index contributed by atoms with van der Waals surface area (Å²) in [6.45, 7) is 2.04. The Morgan fingerprint density at radius 2 is 1.94 bits per heavy atom. The van der Waals surface area contributed by atoms with Gasteiger partial charge in [-0.05, 0) is 41.6 Å². The molecule has 0 radical (unpaired) electrons. The molecule has 0 aliphatic rings. The Bertz CT molecular complexity index is 464. The van der Waals surface area contributed by atoms with E-state index < -0.39 is 0 Å². The standard InChI is InChI=1S/C12H13FN2S/c1-8-6-7-16-12(8)11(15-14)9-2-4-10(13)5-3-9/h2-7,11,15H,14H2,1H3. The lowest BCUT2D eigenvalue weighted by Gasteiger charge is -2.15. The van der Waals surface area contributed by atoms with Gasteiger partial charge in [0.05, 0.1) is 6.04 Å². The Labute approximate surface area is 97.9 Å². The molecule has 4 heteroatoms. The summed E-state index contributed by atoms with van der Waals surface area (Å²) in [6, 6.07) is 8.37. The molecule has 0 spiro atoms. The minimum absolute atomic E-state index is 0.0689. The molecular weight excluding hydrogens is 223 g/mol. The van der Waals surface area contributed by atoms with Crippen molar-refractivity contribution in [3.8, 4) is 0 Å². The van der Waals surface area contributed by atoms with Gasteiger partial charge in [-0.15, -0.1) is 11.3 Å². The fraction of sp³-hybridized carbons (Fsp3) is 0.167. The van der Waals surface area contributed by atoms with Gasteiger partial charge < -0.3 is 0 Å². The lowest BCUT2D eigenvalue weighted by atomic mass is 10.0. The SMILES string of the molecule is Cc1ccsc1C(NN)c1ccc(F)cc1. The molecular formula is C12H13FN2S. The van der Waals surface area contributed by atoms with Crippen LogP contribution in [0, 0.1) is 12.7 Å². The molecule has 1 heterocycles. The van der Waals surface area contributed by atoms with E-state index >= 15 is 0 Å². The molecule has 1 aromatic carbocycles. The number of halogens is 1. The van der Waals surface area contributed by atoms with Crippen LogP contribution >= 0.6 is 11.3 Å². The zero-order valence-electron chi connectivity index (χ0n) is 8.91. The third-order valence-electron chi connectivity index (χ3n) is 2.53. The fourth-order valence-electron chi connectivity index (χ4n) is 1.66. The van der Waals surface area contributed by atoms with Crippen molar-refractivity contribution in [2.45, 2.75) is 13.0 Å². The first kappa shape index (κ1) is 11.3. The van der Waals surface area contributed by atoms with Crippen LogP contribution in [0.1, 0.15) is 22.0 Å². The highest BCUT2D eigenvalue weighted by molar-refractivity contribution is 7.10. The molecule has 0 fully saturated rings. The van der Waals surface area contributed by atoms with Crippen molar-refractivity contribution < 1.29 is 4.39 Å². The van der Waals surface area contributed by atoms with Crippen LogP contribution in [-0.2, 0) is 0 Å². The first-order valence-electron chi connectivity index (χ1n) is 4.98. The Morgan fingerprint density at radius 1 is 1.25 bits per heavy atom. The summed E-state index contributed by atoms with van der Waals surface area (Å²) in [5.41, 5.74) is 4.93. The third-order valence-corrected chi connectivity index (χ3v) is 3.62. The van der Waals surface area contributed by atoms with Crippen LogP contribution in [0.4, 0.5) is 4.39 Å². The van der Waals surface area contributed by atoms with E-state index in [1.807, 2.05) is 18.4 Å². The van der Waals surface area contributed by atoms with E-state index in [9.17, 15) is 4.39 Å². The Balaban J connectivity index is 2.37. The molecule has 0 saturated carbocycles. The molecule has 0 saturated heterocycles. The zero-order valence-corrected chi connectivity index (χ0v) is 9.72. The monoisotopic (exact) mass is 236 g/mol. The number of hydrogen-bond donors (Lipinski definition) is 2. The van der Waals surface area contributed by atoms with Gasteiger partial charge in [0, 0.05) is 4.88 Å². The number of rotatable bonds is 3. The van der Waals surface area contributed by atoms with Crippen LogP contribution in [-0.4, -0.2) is 0 Å². The fourth-order valence-corrected chi connectivity index (χ4v) is 2.67. The second kappa shape index (κ2) is 4.74. The molecule has 0 amide bonds. The van der Waals surface area contributed by atoms with Crippen molar-refractivity contribution in [2.75, 3.05) is 0 Å². The van der Waals surface area contributed by atoms with Crippen LogP contribution in [0.5, 0.6) is 0 Å². The Kier molecular flexibility index (Phi) is 3.33. The highest BCUT2D eigenvalue weighted by atomic mass is 32.1. The smallest absolute Gasteiger partial charge is 0.123 e. The van der Waals surface area contributed by atoms with Crippen molar-refractivity contribution in [1.29, 1.82) is 0 Å². The van der Waals surface area contributed by atoms with Crippen LogP contribution in [0.25, 0.3) is 0 Å². The van der Waals surface area contributed by atoms with Crippen molar-refractivity contribution in [2.24, 2.45) is 5.84 Å². The van der Waals surface area contributed by atoms with Gasteiger partial charge >= 0.3 is 0 Å². The number of aryl methyl sites for hydroxylation is 1. The third kappa shape index (κ3) is 2.14. The second-order valence-corrected chi connectivity index (χ2v) is 4.57. The van der Waals surface area contributed by atoms with Gasteiger partial charge in [0.2, 0.25) is 0 Å². The molecule has 84 valence electrons. The highest BCUT2D eigenvalue weighted by Gasteiger charge is 2.15. The summed E-state index contributed by atoms with van der Waals surface area (Å²) in [7, 11) is 0. The molecule has 3 N–H and O–H groups in total. The molecule has 0 aliphatic carbocycles. The topological polar surface area (TPSA) is 38.0 Å². The molecule has 2 nitrogen and oxygen atoms in total. The predicted octanol–water partition coefficient (Wildman–Crippen LogP) is 2.75. The maximum Gasteiger partial charge on any atom is 0.123 e. The number of hydrazine groups is 1. The molecule has 2 aromatic rings. The van der Waals surface area contributed by atoms with Crippen molar-refractivity contribution in [3.63, 3.8) is 0 Å². The maximum absolute atomic E-state index is 12.8. The minimum Gasteiger partial charge on any atom is -0.271 e. The van der Waals surface area contributed by atoms with E-state index in [4.69, 9.17) is 5.84 Å². The van der Waals surface area contributed by atoms with Gasteiger partial charge in [0.25, 0.3) is 0 Å². The van der Waals surface area contributed by atoms with E-state index in [1.165, 1.54) is 17.7 Å². The van der Waals surface area contributed by atoms with Gasteiger partial charge in [-0.2, -0.15) is 0 Å². The lowest BCUT2D eigenvalue weighted by Crippen LogP contribution is -2.28. The molecule has 2 rings (SSSR count). The first-order valence-corrected chi connectivity index (χ1v) is 5.86. The molecule has 1 aromatic heterocycles. The zero-order chi connectivity index (χ0) is 11.5. The average Bonchev–Trinajstić information content (AvgIpc) is 2.69. The van der Waals surface area contributed by atoms with Crippen molar-refractivity contribution in [1.82, 2.24) is 5.43 Å². The molecule has 1 unspecified atom stereocenters. The van der Waals surface area contributed by atoms with Gasteiger partial charge in [-0.3, -0.25) is 5.84 Å². The number of hydrogen-bond acceptors (Lipinski definition) is 3. The van der Waals surface area contributed by atoms with Gasteiger partial charge in [-0.25, -0.2) is 9.82 Å². The Hall–Kier alpha value is -1.23. The number of nitrogens with one attached hydrogen (secondary N) is 1. The molecule has 1 atom stereocenters. The summed E-state index contributed by atoms with van der Waals surface area (Å²) in [5, 5.41) is 2.03. The molecule has 0 aliphatic heterocycles. The summed E-state index contributed by atoms with van der Waals surface area (Å²) < 4.78 is 12.8. The van der Waals surface area contributed by atoms with Gasteiger partial charge in [0.1, 0.15) is 5.82 Å². The van der Waals surface area contributed by atoms with Crippen LogP contribution < -0.4 is 11.3 Å². The summed E-state index contributed by atoms with van der Waals surface area (Å²) in [4.78, 5) is 1.16. The van der Waals surface area contributed by atoms with Gasteiger partial charge in [0.15, 0.2) is 0 Å². The van der Waals surface area contributed by atoms with Crippen LogP contribution in [0.2, 0.25) is 0 Å². The number of thiophene rings is 1. The molecule has 16 heavy (non-hydrogen) atoms.